The number of fused-ring (bicyclic) bond motifs is 1. The molecule has 0 atom stereocenters. The standard InChI is InChI=1S/C9H11N3O3S/c1-3-16(14,15)7-4-6-5-10-12(2)8(6)11-9(7)13/h4-5H,3H2,1-2H3,(H,11,13). The maximum absolute atomic E-state index is 11.6. The van der Waals surface area contributed by atoms with Gasteiger partial charge in [-0.1, -0.05) is 6.92 Å². The molecule has 0 aliphatic carbocycles. The topological polar surface area (TPSA) is 84.8 Å². The van der Waals surface area contributed by atoms with Crippen LogP contribution in [-0.2, 0) is 16.9 Å². The molecular formula is C9H11N3O3S. The maximum Gasteiger partial charge on any atom is 0.268 e. The molecule has 0 fully saturated rings. The van der Waals surface area contributed by atoms with E-state index in [1.165, 1.54) is 23.9 Å². The molecule has 16 heavy (non-hydrogen) atoms. The molecule has 7 heteroatoms. The first-order valence-electron chi connectivity index (χ1n) is 4.73. The molecule has 0 bridgehead atoms. The Morgan fingerprint density at radius 1 is 1.50 bits per heavy atom. The normalized spacial score (nSPS) is 12.1. The SMILES string of the molecule is CCS(=O)(=O)c1cc2cnn(C)c2[nH]c1=O. The molecule has 0 aromatic carbocycles. The van der Waals surface area contributed by atoms with Crippen molar-refractivity contribution in [3.05, 3.63) is 22.6 Å². The summed E-state index contributed by atoms with van der Waals surface area (Å²) >= 11 is 0. The molecule has 2 aromatic rings. The lowest BCUT2D eigenvalue weighted by atomic mass is 10.3. The third-order valence-corrected chi connectivity index (χ3v) is 4.16. The summed E-state index contributed by atoms with van der Waals surface area (Å²) in [5.41, 5.74) is -0.0852. The summed E-state index contributed by atoms with van der Waals surface area (Å²) in [6.07, 6.45) is 1.51. The minimum atomic E-state index is -3.49. The second-order valence-corrected chi connectivity index (χ2v) is 5.68. The molecular weight excluding hydrogens is 230 g/mol. The maximum atomic E-state index is 11.6. The number of H-pyrrole nitrogens is 1. The Bertz CT molecular complexity index is 696. The molecule has 0 radical (unpaired) electrons. The average molecular weight is 241 g/mol. The molecule has 86 valence electrons. The summed E-state index contributed by atoms with van der Waals surface area (Å²) in [6, 6.07) is 1.36. The van der Waals surface area contributed by atoms with Gasteiger partial charge in [0.25, 0.3) is 5.56 Å². The number of nitrogens with zero attached hydrogens (tertiary/aromatic N) is 2. The van der Waals surface area contributed by atoms with Crippen LogP contribution in [0, 0.1) is 0 Å². The fourth-order valence-electron chi connectivity index (χ4n) is 1.48. The van der Waals surface area contributed by atoms with Crippen molar-refractivity contribution < 1.29 is 8.42 Å². The highest BCUT2D eigenvalue weighted by Gasteiger charge is 2.17. The highest BCUT2D eigenvalue weighted by atomic mass is 32.2. The number of sulfone groups is 1. The second-order valence-electron chi connectivity index (χ2n) is 3.44. The number of aromatic nitrogens is 3. The Kier molecular flexibility index (Phi) is 2.34. The lowest BCUT2D eigenvalue weighted by Gasteiger charge is -2.00. The van der Waals surface area contributed by atoms with Crippen LogP contribution in [0.5, 0.6) is 0 Å². The Morgan fingerprint density at radius 3 is 2.81 bits per heavy atom. The van der Waals surface area contributed by atoms with Gasteiger partial charge in [-0.3, -0.25) is 9.48 Å². The number of aryl methyl sites for hydroxylation is 1. The number of hydrogen-bond acceptors (Lipinski definition) is 4. The Balaban J connectivity index is 2.84. The highest BCUT2D eigenvalue weighted by Crippen LogP contribution is 2.13. The van der Waals surface area contributed by atoms with Gasteiger partial charge in [0.2, 0.25) is 0 Å². The lowest BCUT2D eigenvalue weighted by molar-refractivity contribution is 0.596. The van der Waals surface area contributed by atoms with E-state index in [-0.39, 0.29) is 10.6 Å². The molecule has 1 N–H and O–H groups in total. The van der Waals surface area contributed by atoms with Crippen LogP contribution in [0.2, 0.25) is 0 Å². The first kappa shape index (κ1) is 10.9. The van der Waals surface area contributed by atoms with Crippen LogP contribution in [-0.4, -0.2) is 28.9 Å². The number of pyridine rings is 1. The van der Waals surface area contributed by atoms with E-state index in [0.717, 1.165) is 0 Å². The van der Waals surface area contributed by atoms with E-state index in [2.05, 4.69) is 10.1 Å². The largest absolute Gasteiger partial charge is 0.306 e. The van der Waals surface area contributed by atoms with E-state index in [4.69, 9.17) is 0 Å². The average Bonchev–Trinajstić information content (AvgIpc) is 2.59. The Hall–Kier alpha value is -1.63. The molecule has 0 aliphatic heterocycles. The molecule has 2 aromatic heterocycles. The van der Waals surface area contributed by atoms with E-state index in [1.807, 2.05) is 0 Å². The van der Waals surface area contributed by atoms with Gasteiger partial charge < -0.3 is 4.98 Å². The van der Waals surface area contributed by atoms with Crippen LogP contribution in [0.3, 0.4) is 0 Å². The van der Waals surface area contributed by atoms with E-state index in [1.54, 1.807) is 7.05 Å². The summed E-state index contributed by atoms with van der Waals surface area (Å²) < 4.78 is 24.7. The predicted molar refractivity (Wildman–Crippen MR) is 59.1 cm³/mol. The van der Waals surface area contributed by atoms with E-state index in [0.29, 0.717) is 11.0 Å². The van der Waals surface area contributed by atoms with Gasteiger partial charge in [-0.05, 0) is 6.07 Å². The third-order valence-electron chi connectivity index (χ3n) is 2.42. The zero-order valence-corrected chi connectivity index (χ0v) is 9.71. The van der Waals surface area contributed by atoms with Crippen molar-refractivity contribution in [3.8, 4) is 0 Å². The molecule has 0 aliphatic rings. The molecule has 0 unspecified atom stereocenters. The van der Waals surface area contributed by atoms with Gasteiger partial charge in [0.05, 0.1) is 11.9 Å². The van der Waals surface area contributed by atoms with Gasteiger partial charge in [0.15, 0.2) is 9.84 Å². The number of aromatic amines is 1. The molecule has 2 heterocycles. The first-order chi connectivity index (χ1) is 7.45. The van der Waals surface area contributed by atoms with Crippen molar-refractivity contribution in [1.82, 2.24) is 14.8 Å². The first-order valence-corrected chi connectivity index (χ1v) is 6.38. The highest BCUT2D eigenvalue weighted by molar-refractivity contribution is 7.91. The molecule has 2 rings (SSSR count). The van der Waals surface area contributed by atoms with Crippen molar-refractivity contribution in [2.24, 2.45) is 7.05 Å². The van der Waals surface area contributed by atoms with Crippen molar-refractivity contribution in [3.63, 3.8) is 0 Å². The Labute approximate surface area is 91.8 Å². The fourth-order valence-corrected chi connectivity index (χ4v) is 2.43. The van der Waals surface area contributed by atoms with Crippen LogP contribution < -0.4 is 5.56 Å². The van der Waals surface area contributed by atoms with Crippen LogP contribution in [0.1, 0.15) is 6.92 Å². The van der Waals surface area contributed by atoms with Crippen LogP contribution >= 0.6 is 0 Å². The summed E-state index contributed by atoms with van der Waals surface area (Å²) in [6.45, 7) is 1.50. The Morgan fingerprint density at radius 2 is 2.19 bits per heavy atom. The summed E-state index contributed by atoms with van der Waals surface area (Å²) in [4.78, 5) is 13.9. The van der Waals surface area contributed by atoms with Gasteiger partial charge in [-0.15, -0.1) is 0 Å². The van der Waals surface area contributed by atoms with E-state index in [9.17, 15) is 13.2 Å². The van der Waals surface area contributed by atoms with E-state index < -0.39 is 15.4 Å². The monoisotopic (exact) mass is 241 g/mol. The second kappa shape index (κ2) is 3.44. The molecule has 0 saturated heterocycles. The zero-order chi connectivity index (χ0) is 11.9. The van der Waals surface area contributed by atoms with Crippen LogP contribution in [0.15, 0.2) is 22.0 Å². The lowest BCUT2D eigenvalue weighted by Crippen LogP contribution is -2.19. The summed E-state index contributed by atoms with van der Waals surface area (Å²) in [5, 5.41) is 4.54. The number of hydrogen-bond donors (Lipinski definition) is 1. The third kappa shape index (κ3) is 1.53. The van der Waals surface area contributed by atoms with Crippen molar-refractivity contribution in [2.75, 3.05) is 5.75 Å². The fraction of sp³-hybridized carbons (Fsp3) is 0.333. The van der Waals surface area contributed by atoms with Crippen molar-refractivity contribution in [1.29, 1.82) is 0 Å². The van der Waals surface area contributed by atoms with E-state index >= 15 is 0 Å². The minimum absolute atomic E-state index is 0.0954. The molecule has 0 amide bonds. The summed E-state index contributed by atoms with van der Waals surface area (Å²) in [7, 11) is -1.82. The van der Waals surface area contributed by atoms with Crippen LogP contribution in [0.4, 0.5) is 0 Å². The molecule has 0 spiro atoms. The van der Waals surface area contributed by atoms with Gasteiger partial charge in [-0.25, -0.2) is 8.42 Å². The smallest absolute Gasteiger partial charge is 0.268 e. The van der Waals surface area contributed by atoms with Crippen molar-refractivity contribution in [2.45, 2.75) is 11.8 Å². The van der Waals surface area contributed by atoms with Gasteiger partial charge in [0, 0.05) is 12.4 Å². The van der Waals surface area contributed by atoms with Crippen LogP contribution in [0.25, 0.3) is 11.0 Å². The number of nitrogens with one attached hydrogen (secondary N) is 1. The molecule has 0 saturated carbocycles. The van der Waals surface area contributed by atoms with Gasteiger partial charge in [-0.2, -0.15) is 5.10 Å². The zero-order valence-electron chi connectivity index (χ0n) is 8.89. The summed E-state index contributed by atoms with van der Waals surface area (Å²) in [5.74, 6) is -0.0954. The minimum Gasteiger partial charge on any atom is -0.306 e. The van der Waals surface area contributed by atoms with Gasteiger partial charge >= 0.3 is 0 Å². The molecule has 6 nitrogen and oxygen atoms in total. The van der Waals surface area contributed by atoms with Gasteiger partial charge in [0.1, 0.15) is 10.5 Å². The predicted octanol–water partition coefficient (Wildman–Crippen LogP) is 0.0552. The number of rotatable bonds is 2. The quantitative estimate of drug-likeness (QED) is 0.805. The van der Waals surface area contributed by atoms with Crippen molar-refractivity contribution >= 4 is 20.9 Å².